The zero-order chi connectivity index (χ0) is 22.9. The molecule has 0 spiro atoms. The third-order valence-corrected chi connectivity index (χ3v) is 6.77. The Labute approximate surface area is 198 Å². The molecule has 4 nitrogen and oxygen atoms in total. The fraction of sp³-hybridized carbons (Fsp3) is 0.143. The molecule has 2 heterocycles. The van der Waals surface area contributed by atoms with Crippen LogP contribution < -0.4 is 4.90 Å². The molecule has 1 aromatic heterocycles. The molecule has 1 aliphatic heterocycles. The van der Waals surface area contributed by atoms with Crippen molar-refractivity contribution < 1.29 is 4.79 Å². The Morgan fingerprint density at radius 2 is 1.58 bits per heavy atom. The Kier molecular flexibility index (Phi) is 5.65. The monoisotopic (exact) mass is 451 g/mol. The van der Waals surface area contributed by atoms with Crippen LogP contribution in [0.1, 0.15) is 23.6 Å². The van der Waals surface area contributed by atoms with Gasteiger partial charge in [-0.25, -0.2) is 4.99 Å². The Morgan fingerprint density at radius 3 is 2.27 bits per heavy atom. The van der Waals surface area contributed by atoms with Crippen molar-refractivity contribution >= 4 is 51.2 Å². The first-order chi connectivity index (χ1) is 16.0. The summed E-state index contributed by atoms with van der Waals surface area (Å²) in [5, 5.41) is 1.81. The second-order valence-corrected chi connectivity index (χ2v) is 9.21. The number of benzene rings is 3. The standard InChI is InChI=1S/C28H25N3OS/c1-4-30-18-21(24-7-5-6-8-25(24)30)17-26-27(32)31(23-15-11-20(3)12-16-23)28(33-26)29-22-13-9-19(2)10-14-22/h5-18H,4H2,1-3H3/b26-17+,29-28?. The highest BCUT2D eigenvalue weighted by Gasteiger charge is 2.35. The van der Waals surface area contributed by atoms with Crippen molar-refractivity contribution in [3.8, 4) is 0 Å². The van der Waals surface area contributed by atoms with Gasteiger partial charge in [-0.1, -0.05) is 53.6 Å². The summed E-state index contributed by atoms with van der Waals surface area (Å²) in [5.41, 5.74) is 6.20. The van der Waals surface area contributed by atoms with Crippen LogP contribution in [0, 0.1) is 13.8 Å². The van der Waals surface area contributed by atoms with E-state index in [0.29, 0.717) is 10.1 Å². The summed E-state index contributed by atoms with van der Waals surface area (Å²) in [4.78, 5) is 20.8. The minimum absolute atomic E-state index is 0.0527. The summed E-state index contributed by atoms with van der Waals surface area (Å²) in [7, 11) is 0. The lowest BCUT2D eigenvalue weighted by Gasteiger charge is -2.16. The van der Waals surface area contributed by atoms with E-state index in [9.17, 15) is 4.79 Å². The predicted molar refractivity (Wildman–Crippen MR) is 140 cm³/mol. The van der Waals surface area contributed by atoms with Gasteiger partial charge in [0.05, 0.1) is 16.3 Å². The SMILES string of the molecule is CCn1cc(/C=C2/SC(=Nc3ccc(C)cc3)N(c3ccc(C)cc3)C2=O)c2ccccc21. The maximum Gasteiger partial charge on any atom is 0.271 e. The number of fused-ring (bicyclic) bond motifs is 1. The van der Waals surface area contributed by atoms with Gasteiger partial charge in [0.25, 0.3) is 5.91 Å². The Morgan fingerprint density at radius 1 is 0.909 bits per heavy atom. The van der Waals surface area contributed by atoms with Gasteiger partial charge in [-0.3, -0.25) is 9.69 Å². The largest absolute Gasteiger partial charge is 0.347 e. The molecule has 0 radical (unpaired) electrons. The molecular formula is C28H25N3OS. The number of thioether (sulfide) groups is 1. The number of amides is 1. The molecule has 0 N–H and O–H groups in total. The van der Waals surface area contributed by atoms with Crippen molar-refractivity contribution in [3.63, 3.8) is 0 Å². The van der Waals surface area contributed by atoms with Crippen molar-refractivity contribution in [3.05, 3.63) is 101 Å². The third kappa shape index (κ3) is 4.12. The first-order valence-electron chi connectivity index (χ1n) is 11.1. The van der Waals surface area contributed by atoms with Gasteiger partial charge in [-0.15, -0.1) is 0 Å². The number of nitrogens with zero attached hydrogens (tertiary/aromatic N) is 3. The molecule has 1 amide bonds. The Balaban J connectivity index is 1.61. The molecule has 0 atom stereocenters. The van der Waals surface area contributed by atoms with Crippen LogP contribution in [0.3, 0.4) is 0 Å². The minimum atomic E-state index is -0.0527. The number of carbonyl (C=O) groups is 1. The Bertz CT molecular complexity index is 1400. The smallest absolute Gasteiger partial charge is 0.271 e. The minimum Gasteiger partial charge on any atom is -0.347 e. The number of hydrogen-bond donors (Lipinski definition) is 0. The highest BCUT2D eigenvalue weighted by Crippen LogP contribution is 2.38. The number of aryl methyl sites for hydroxylation is 3. The second-order valence-electron chi connectivity index (χ2n) is 8.20. The van der Waals surface area contributed by atoms with Crippen molar-refractivity contribution in [2.24, 2.45) is 4.99 Å². The molecule has 164 valence electrons. The van der Waals surface area contributed by atoms with Crippen molar-refractivity contribution in [1.82, 2.24) is 4.57 Å². The maximum absolute atomic E-state index is 13.6. The number of aromatic nitrogens is 1. The average molecular weight is 452 g/mol. The van der Waals surface area contributed by atoms with E-state index in [-0.39, 0.29) is 5.91 Å². The zero-order valence-electron chi connectivity index (χ0n) is 18.9. The third-order valence-electron chi connectivity index (χ3n) is 5.80. The van der Waals surface area contributed by atoms with Crippen LogP contribution in [-0.2, 0) is 11.3 Å². The highest BCUT2D eigenvalue weighted by molar-refractivity contribution is 8.19. The number of amidine groups is 1. The number of para-hydroxylation sites is 1. The van der Waals surface area contributed by atoms with Crippen molar-refractivity contribution in [2.75, 3.05) is 4.90 Å². The van der Waals surface area contributed by atoms with Gasteiger partial charge in [0, 0.05) is 29.2 Å². The van der Waals surface area contributed by atoms with E-state index in [4.69, 9.17) is 4.99 Å². The normalized spacial score (nSPS) is 16.5. The lowest BCUT2D eigenvalue weighted by atomic mass is 10.1. The van der Waals surface area contributed by atoms with E-state index in [1.165, 1.54) is 22.8 Å². The van der Waals surface area contributed by atoms with Gasteiger partial charge >= 0.3 is 0 Å². The fourth-order valence-electron chi connectivity index (χ4n) is 3.99. The average Bonchev–Trinajstić information content (AvgIpc) is 3.33. The predicted octanol–water partition coefficient (Wildman–Crippen LogP) is 7.09. The first-order valence-corrected chi connectivity index (χ1v) is 11.9. The van der Waals surface area contributed by atoms with Gasteiger partial charge in [0.15, 0.2) is 5.17 Å². The molecule has 33 heavy (non-hydrogen) atoms. The number of rotatable bonds is 4. The molecule has 4 aromatic rings. The number of anilines is 1. The molecule has 0 bridgehead atoms. The van der Waals surface area contributed by atoms with Crippen molar-refractivity contribution in [1.29, 1.82) is 0 Å². The lowest BCUT2D eigenvalue weighted by Crippen LogP contribution is -2.28. The van der Waals surface area contributed by atoms with E-state index in [1.54, 1.807) is 4.90 Å². The molecule has 5 rings (SSSR count). The molecule has 5 heteroatoms. The van der Waals surface area contributed by atoms with Gasteiger partial charge in [0.2, 0.25) is 0 Å². The van der Waals surface area contributed by atoms with Crippen molar-refractivity contribution in [2.45, 2.75) is 27.3 Å². The molecule has 1 aliphatic rings. The van der Waals surface area contributed by atoms with Gasteiger partial charge < -0.3 is 4.57 Å². The first kappa shape index (κ1) is 21.3. The number of aliphatic imine (C=N–C) groups is 1. The summed E-state index contributed by atoms with van der Waals surface area (Å²) in [6, 6.07) is 24.3. The fourth-order valence-corrected chi connectivity index (χ4v) is 4.98. The molecule has 0 saturated carbocycles. The molecule has 3 aromatic carbocycles. The summed E-state index contributed by atoms with van der Waals surface area (Å²) >= 11 is 1.42. The van der Waals surface area contributed by atoms with Crippen LogP contribution in [-0.4, -0.2) is 15.6 Å². The van der Waals surface area contributed by atoms with E-state index >= 15 is 0 Å². The Hall–Kier alpha value is -3.57. The lowest BCUT2D eigenvalue weighted by molar-refractivity contribution is -0.113. The van der Waals surface area contributed by atoms with Gasteiger partial charge in [0.1, 0.15) is 0 Å². The van der Waals surface area contributed by atoms with Gasteiger partial charge in [-0.2, -0.15) is 0 Å². The molecule has 1 saturated heterocycles. The zero-order valence-corrected chi connectivity index (χ0v) is 19.8. The van der Waals surface area contributed by atoms with E-state index in [1.807, 2.05) is 73.7 Å². The number of hydrogen-bond acceptors (Lipinski definition) is 3. The molecular weight excluding hydrogens is 426 g/mol. The van der Waals surface area contributed by atoms with Gasteiger partial charge in [-0.05, 0) is 68.9 Å². The van der Waals surface area contributed by atoms with Crippen LogP contribution in [0.25, 0.3) is 17.0 Å². The summed E-state index contributed by atoms with van der Waals surface area (Å²) in [5.74, 6) is -0.0527. The molecule has 0 unspecified atom stereocenters. The molecule has 0 aliphatic carbocycles. The second kappa shape index (κ2) is 8.75. The molecule has 1 fully saturated rings. The van der Waals surface area contributed by atoms with Crippen LogP contribution in [0.15, 0.2) is 88.9 Å². The summed E-state index contributed by atoms with van der Waals surface area (Å²) in [6.45, 7) is 7.10. The van der Waals surface area contributed by atoms with E-state index in [2.05, 4.69) is 36.7 Å². The maximum atomic E-state index is 13.6. The van der Waals surface area contributed by atoms with E-state index in [0.717, 1.165) is 34.4 Å². The number of carbonyl (C=O) groups excluding carboxylic acids is 1. The highest BCUT2D eigenvalue weighted by atomic mass is 32.2. The van der Waals surface area contributed by atoms with Crippen LogP contribution in [0.2, 0.25) is 0 Å². The topological polar surface area (TPSA) is 37.6 Å². The summed E-state index contributed by atoms with van der Waals surface area (Å²) in [6.07, 6.45) is 4.12. The quantitative estimate of drug-likeness (QED) is 0.311. The van der Waals surface area contributed by atoms with Crippen LogP contribution in [0.5, 0.6) is 0 Å². The summed E-state index contributed by atoms with van der Waals surface area (Å²) < 4.78 is 2.21. The van der Waals surface area contributed by atoms with E-state index < -0.39 is 0 Å². The van der Waals surface area contributed by atoms with Crippen LogP contribution >= 0.6 is 11.8 Å². The van der Waals surface area contributed by atoms with Crippen LogP contribution in [0.4, 0.5) is 11.4 Å².